The number of carbonyl (C=O) groups is 2. The fraction of sp³-hybridized carbons (Fsp3) is 0.0556. The van der Waals surface area contributed by atoms with E-state index in [0.29, 0.717) is 10.4 Å². The lowest BCUT2D eigenvalue weighted by molar-refractivity contribution is -0.119. The highest BCUT2D eigenvalue weighted by Crippen LogP contribution is 2.20. The molecule has 2 aromatic carbocycles. The van der Waals surface area contributed by atoms with E-state index in [9.17, 15) is 14.4 Å². The summed E-state index contributed by atoms with van der Waals surface area (Å²) in [5, 5.41) is 18.3. The van der Waals surface area contributed by atoms with Crippen molar-refractivity contribution in [1.29, 1.82) is 5.26 Å². The van der Waals surface area contributed by atoms with E-state index >= 15 is 0 Å². The molecular weight excluding hydrogens is 372 g/mol. The van der Waals surface area contributed by atoms with Gasteiger partial charge in [-0.25, -0.2) is 9.89 Å². The molecule has 9 heteroatoms. The van der Waals surface area contributed by atoms with Crippen molar-refractivity contribution in [3.05, 3.63) is 69.1 Å². The Balaban J connectivity index is 1.73. The largest absolute Gasteiger partial charge is 0.451 e. The number of nitrogens with one attached hydrogen (secondary N) is 2. The second-order valence-corrected chi connectivity index (χ2v) is 5.81. The van der Waals surface area contributed by atoms with E-state index < -0.39 is 24.0 Å². The third-order valence-corrected chi connectivity index (χ3v) is 3.84. The van der Waals surface area contributed by atoms with Crippen LogP contribution in [0.2, 0.25) is 5.02 Å². The number of nitriles is 1. The summed E-state index contributed by atoms with van der Waals surface area (Å²) in [6.07, 6.45) is 0. The number of carbonyl (C=O) groups excluding carboxylic acids is 2. The number of aromatic amines is 1. The minimum absolute atomic E-state index is 0.113. The minimum atomic E-state index is -0.871. The molecule has 134 valence electrons. The van der Waals surface area contributed by atoms with Crippen LogP contribution in [0.4, 0.5) is 5.69 Å². The summed E-state index contributed by atoms with van der Waals surface area (Å²) in [5.41, 5.74) is -0.130. The van der Waals surface area contributed by atoms with E-state index in [2.05, 4.69) is 15.5 Å². The summed E-state index contributed by atoms with van der Waals surface area (Å²) in [6, 6.07) is 12.7. The Labute approximate surface area is 157 Å². The molecule has 0 fully saturated rings. The Bertz CT molecular complexity index is 1150. The van der Waals surface area contributed by atoms with Crippen LogP contribution in [0.3, 0.4) is 0 Å². The number of ether oxygens (including phenoxy) is 1. The zero-order chi connectivity index (χ0) is 19.4. The number of aromatic nitrogens is 2. The maximum Gasteiger partial charge on any atom is 0.359 e. The maximum atomic E-state index is 12.2. The van der Waals surface area contributed by atoms with Crippen LogP contribution in [-0.4, -0.2) is 28.7 Å². The topological polar surface area (TPSA) is 125 Å². The highest BCUT2D eigenvalue weighted by atomic mass is 35.5. The zero-order valence-electron chi connectivity index (χ0n) is 13.7. The molecule has 0 bridgehead atoms. The van der Waals surface area contributed by atoms with Crippen molar-refractivity contribution < 1.29 is 14.3 Å². The van der Waals surface area contributed by atoms with Crippen LogP contribution >= 0.6 is 11.6 Å². The third kappa shape index (κ3) is 3.94. The lowest BCUT2D eigenvalue weighted by Crippen LogP contribution is -2.23. The normalized spacial score (nSPS) is 10.2. The SMILES string of the molecule is N#Cc1ccc(Cl)cc1NC(=O)COC(=O)c1n[nH]c(=O)c2ccccc12. The quantitative estimate of drug-likeness (QED) is 0.666. The Hall–Kier alpha value is -3.70. The van der Waals surface area contributed by atoms with Gasteiger partial charge in [0.25, 0.3) is 11.5 Å². The molecule has 0 unspecified atom stereocenters. The van der Waals surface area contributed by atoms with Gasteiger partial charge in [-0.1, -0.05) is 29.8 Å². The Morgan fingerprint density at radius 3 is 2.70 bits per heavy atom. The van der Waals surface area contributed by atoms with E-state index in [-0.39, 0.29) is 22.3 Å². The highest BCUT2D eigenvalue weighted by Gasteiger charge is 2.17. The van der Waals surface area contributed by atoms with Crippen LogP contribution in [0, 0.1) is 11.3 Å². The third-order valence-electron chi connectivity index (χ3n) is 3.60. The predicted octanol–water partition coefficient (Wildman–Crippen LogP) is 2.24. The summed E-state index contributed by atoms with van der Waals surface area (Å²) < 4.78 is 4.96. The van der Waals surface area contributed by atoms with Gasteiger partial charge in [0.05, 0.1) is 16.6 Å². The summed E-state index contributed by atoms with van der Waals surface area (Å²) in [6.45, 7) is -0.606. The number of anilines is 1. The summed E-state index contributed by atoms with van der Waals surface area (Å²) >= 11 is 5.85. The van der Waals surface area contributed by atoms with Gasteiger partial charge in [0.1, 0.15) is 6.07 Å². The second-order valence-electron chi connectivity index (χ2n) is 5.37. The van der Waals surface area contributed by atoms with Crippen molar-refractivity contribution in [2.75, 3.05) is 11.9 Å². The highest BCUT2D eigenvalue weighted by molar-refractivity contribution is 6.31. The first-order valence-corrected chi connectivity index (χ1v) is 8.01. The van der Waals surface area contributed by atoms with Gasteiger partial charge in [-0.2, -0.15) is 10.4 Å². The Kier molecular flexibility index (Phi) is 5.15. The molecule has 0 aliphatic rings. The summed E-state index contributed by atoms with van der Waals surface area (Å²) in [7, 11) is 0. The van der Waals surface area contributed by atoms with Crippen molar-refractivity contribution >= 4 is 39.9 Å². The Morgan fingerprint density at radius 2 is 1.96 bits per heavy atom. The zero-order valence-corrected chi connectivity index (χ0v) is 14.4. The minimum Gasteiger partial charge on any atom is -0.451 e. The molecule has 2 N–H and O–H groups in total. The first-order valence-electron chi connectivity index (χ1n) is 7.63. The fourth-order valence-corrected chi connectivity index (χ4v) is 2.55. The second kappa shape index (κ2) is 7.68. The molecule has 3 rings (SSSR count). The van der Waals surface area contributed by atoms with Crippen molar-refractivity contribution in [1.82, 2.24) is 10.2 Å². The van der Waals surface area contributed by atoms with Crippen LogP contribution in [0.1, 0.15) is 16.1 Å². The molecule has 1 heterocycles. The van der Waals surface area contributed by atoms with Gasteiger partial charge in [0, 0.05) is 10.4 Å². The van der Waals surface area contributed by atoms with Gasteiger partial charge in [-0.3, -0.25) is 9.59 Å². The molecular formula is C18H11ClN4O4. The van der Waals surface area contributed by atoms with E-state index in [1.165, 1.54) is 18.2 Å². The van der Waals surface area contributed by atoms with E-state index in [1.807, 2.05) is 6.07 Å². The first kappa shape index (κ1) is 18.1. The number of nitrogens with zero attached hydrogens (tertiary/aromatic N) is 2. The van der Waals surface area contributed by atoms with Gasteiger partial charge in [-0.05, 0) is 24.3 Å². The number of hydrogen-bond donors (Lipinski definition) is 2. The van der Waals surface area contributed by atoms with Crippen LogP contribution < -0.4 is 10.9 Å². The average molecular weight is 383 g/mol. The van der Waals surface area contributed by atoms with E-state index in [0.717, 1.165) is 0 Å². The monoisotopic (exact) mass is 382 g/mol. The van der Waals surface area contributed by atoms with Crippen LogP contribution in [-0.2, 0) is 9.53 Å². The molecule has 0 aliphatic heterocycles. The van der Waals surface area contributed by atoms with Crippen molar-refractivity contribution in [3.8, 4) is 6.07 Å². The number of benzene rings is 2. The van der Waals surface area contributed by atoms with Gasteiger partial charge in [0.15, 0.2) is 12.3 Å². The summed E-state index contributed by atoms with van der Waals surface area (Å²) in [4.78, 5) is 36.0. The number of hydrogen-bond acceptors (Lipinski definition) is 6. The number of esters is 1. The van der Waals surface area contributed by atoms with Gasteiger partial charge < -0.3 is 10.1 Å². The lowest BCUT2D eigenvalue weighted by Gasteiger charge is -2.09. The molecule has 1 amide bonds. The maximum absolute atomic E-state index is 12.2. The molecule has 0 radical (unpaired) electrons. The first-order chi connectivity index (χ1) is 13.0. The smallest absolute Gasteiger partial charge is 0.359 e. The van der Waals surface area contributed by atoms with Crippen molar-refractivity contribution in [3.63, 3.8) is 0 Å². The molecule has 1 aromatic heterocycles. The van der Waals surface area contributed by atoms with Gasteiger partial charge in [-0.15, -0.1) is 0 Å². The number of fused-ring (bicyclic) bond motifs is 1. The number of H-pyrrole nitrogens is 1. The molecule has 0 saturated carbocycles. The standard InChI is InChI=1S/C18H11ClN4O4/c19-11-6-5-10(8-20)14(7-11)21-15(24)9-27-18(26)16-12-3-1-2-4-13(12)17(25)23-22-16/h1-7H,9H2,(H,21,24)(H,23,25). The van der Waals surface area contributed by atoms with E-state index in [4.69, 9.17) is 21.6 Å². The molecule has 8 nitrogen and oxygen atoms in total. The molecule has 0 atom stereocenters. The number of amides is 1. The lowest BCUT2D eigenvalue weighted by atomic mass is 10.1. The van der Waals surface area contributed by atoms with Gasteiger partial charge in [0.2, 0.25) is 0 Å². The van der Waals surface area contributed by atoms with Crippen LogP contribution in [0.5, 0.6) is 0 Å². The van der Waals surface area contributed by atoms with Crippen LogP contribution in [0.15, 0.2) is 47.3 Å². The number of halogens is 1. The fourth-order valence-electron chi connectivity index (χ4n) is 2.37. The Morgan fingerprint density at radius 1 is 1.22 bits per heavy atom. The van der Waals surface area contributed by atoms with Gasteiger partial charge >= 0.3 is 5.97 Å². The van der Waals surface area contributed by atoms with E-state index in [1.54, 1.807) is 24.3 Å². The van der Waals surface area contributed by atoms with Crippen LogP contribution in [0.25, 0.3) is 10.8 Å². The molecule has 0 spiro atoms. The molecule has 3 aromatic rings. The number of rotatable bonds is 4. The predicted molar refractivity (Wildman–Crippen MR) is 97.4 cm³/mol. The molecule has 0 saturated heterocycles. The van der Waals surface area contributed by atoms with Crippen molar-refractivity contribution in [2.45, 2.75) is 0 Å². The van der Waals surface area contributed by atoms with Crippen molar-refractivity contribution in [2.24, 2.45) is 0 Å². The summed E-state index contributed by atoms with van der Waals surface area (Å²) in [5.74, 6) is -1.53. The molecule has 0 aliphatic carbocycles. The molecule has 27 heavy (non-hydrogen) atoms. The average Bonchev–Trinajstić information content (AvgIpc) is 2.67.